The highest BCUT2D eigenvalue weighted by Gasteiger charge is 2.16. The second-order valence-electron chi connectivity index (χ2n) is 5.12. The molecule has 7 heteroatoms. The van der Waals surface area contributed by atoms with Gasteiger partial charge in [0.1, 0.15) is 5.75 Å². The lowest BCUT2D eigenvalue weighted by molar-refractivity contribution is -0.895. The first kappa shape index (κ1) is 17.0. The van der Waals surface area contributed by atoms with E-state index in [4.69, 9.17) is 9.26 Å². The summed E-state index contributed by atoms with van der Waals surface area (Å²) < 4.78 is 10.2. The predicted octanol–water partition coefficient (Wildman–Crippen LogP) is 0.400. The van der Waals surface area contributed by atoms with Crippen molar-refractivity contribution in [3.8, 4) is 17.1 Å². The molecule has 2 aromatic rings. The van der Waals surface area contributed by atoms with Gasteiger partial charge in [-0.15, -0.1) is 0 Å². The molecule has 0 unspecified atom stereocenters. The van der Waals surface area contributed by atoms with Crippen LogP contribution in [0, 0.1) is 0 Å². The Morgan fingerprint density at radius 1 is 1.35 bits per heavy atom. The van der Waals surface area contributed by atoms with E-state index in [1.54, 1.807) is 13.2 Å². The van der Waals surface area contributed by atoms with Gasteiger partial charge in [0.05, 0.1) is 33.3 Å². The molecule has 1 heterocycles. The normalized spacial score (nSPS) is 10.8. The Balaban J connectivity index is 1.97. The van der Waals surface area contributed by atoms with Crippen molar-refractivity contribution in [2.45, 2.75) is 13.8 Å². The van der Waals surface area contributed by atoms with Crippen LogP contribution in [0.3, 0.4) is 0 Å². The van der Waals surface area contributed by atoms with Gasteiger partial charge in [-0.25, -0.2) is 0 Å². The molecular weight excluding hydrogens is 296 g/mol. The van der Waals surface area contributed by atoms with Gasteiger partial charge in [0, 0.05) is 5.56 Å². The van der Waals surface area contributed by atoms with Gasteiger partial charge in [0.2, 0.25) is 5.82 Å². The van der Waals surface area contributed by atoms with Gasteiger partial charge in [-0.1, -0.05) is 17.3 Å². The van der Waals surface area contributed by atoms with E-state index < -0.39 is 0 Å². The number of quaternary nitrogens is 1. The lowest BCUT2D eigenvalue weighted by Crippen LogP contribution is -3.12. The summed E-state index contributed by atoms with van der Waals surface area (Å²) in [5, 5.41) is 6.66. The zero-order valence-electron chi connectivity index (χ0n) is 13.8. The lowest BCUT2D eigenvalue weighted by atomic mass is 10.2. The van der Waals surface area contributed by atoms with E-state index in [9.17, 15) is 4.79 Å². The number of nitrogens with zero attached hydrogens (tertiary/aromatic N) is 2. The number of ether oxygens (including phenoxy) is 1. The van der Waals surface area contributed by atoms with Crippen LogP contribution in [-0.4, -0.2) is 49.3 Å². The molecule has 0 radical (unpaired) electrons. The molecule has 0 saturated heterocycles. The third-order valence-electron chi connectivity index (χ3n) is 3.71. The number of rotatable bonds is 8. The summed E-state index contributed by atoms with van der Waals surface area (Å²) in [7, 11) is 1.59. The highest BCUT2D eigenvalue weighted by atomic mass is 16.5. The van der Waals surface area contributed by atoms with Crippen molar-refractivity contribution in [1.29, 1.82) is 0 Å². The van der Waals surface area contributed by atoms with E-state index in [2.05, 4.69) is 29.3 Å². The summed E-state index contributed by atoms with van der Waals surface area (Å²) in [6.45, 7) is 7.76. The molecule has 0 aliphatic rings. The molecule has 1 aromatic carbocycles. The predicted molar refractivity (Wildman–Crippen MR) is 85.5 cm³/mol. The van der Waals surface area contributed by atoms with Gasteiger partial charge < -0.3 is 19.5 Å². The summed E-state index contributed by atoms with van der Waals surface area (Å²) in [5.74, 6) is 0.680. The van der Waals surface area contributed by atoms with Crippen molar-refractivity contribution >= 4 is 5.91 Å². The summed E-state index contributed by atoms with van der Waals surface area (Å²) in [6.07, 6.45) is 0. The third-order valence-corrected chi connectivity index (χ3v) is 3.71. The van der Waals surface area contributed by atoms with Gasteiger partial charge in [-0.2, -0.15) is 4.98 Å². The number of carbonyl (C=O) groups excluding carboxylic acids is 1. The van der Waals surface area contributed by atoms with Crippen LogP contribution in [0.2, 0.25) is 0 Å². The van der Waals surface area contributed by atoms with Crippen LogP contribution >= 0.6 is 0 Å². The molecule has 0 spiro atoms. The maximum absolute atomic E-state index is 12.0. The summed E-state index contributed by atoms with van der Waals surface area (Å²) >= 11 is 0. The van der Waals surface area contributed by atoms with E-state index in [1.165, 1.54) is 4.90 Å². The number of methoxy groups -OCH3 is 1. The Labute approximate surface area is 135 Å². The Morgan fingerprint density at radius 3 is 2.83 bits per heavy atom. The van der Waals surface area contributed by atoms with E-state index >= 15 is 0 Å². The van der Waals surface area contributed by atoms with Crippen LogP contribution in [0.5, 0.6) is 5.75 Å². The van der Waals surface area contributed by atoms with Gasteiger partial charge in [0.15, 0.2) is 0 Å². The number of aromatic nitrogens is 2. The van der Waals surface area contributed by atoms with Gasteiger partial charge >= 0.3 is 11.8 Å². The molecule has 124 valence electrons. The first-order valence-corrected chi connectivity index (χ1v) is 7.77. The molecule has 0 fully saturated rings. The largest absolute Gasteiger partial charge is 0.497 e. The van der Waals surface area contributed by atoms with E-state index in [1.807, 2.05) is 18.2 Å². The summed E-state index contributed by atoms with van der Waals surface area (Å²) in [6, 6.07) is 7.28. The SMILES string of the molecule is CC[NH+](CC)CCNC(=O)c1nc(-c2cccc(OC)c2)no1. The Morgan fingerprint density at radius 2 is 2.13 bits per heavy atom. The van der Waals surface area contributed by atoms with Crippen molar-refractivity contribution in [3.63, 3.8) is 0 Å². The number of hydrogen-bond donors (Lipinski definition) is 2. The molecule has 23 heavy (non-hydrogen) atoms. The van der Waals surface area contributed by atoms with Gasteiger partial charge in [0.25, 0.3) is 0 Å². The van der Waals surface area contributed by atoms with Gasteiger partial charge in [-0.05, 0) is 26.0 Å². The zero-order valence-corrected chi connectivity index (χ0v) is 13.8. The summed E-state index contributed by atoms with van der Waals surface area (Å²) in [5.41, 5.74) is 0.736. The van der Waals surface area contributed by atoms with E-state index in [-0.39, 0.29) is 11.8 Å². The van der Waals surface area contributed by atoms with Crippen LogP contribution in [0.1, 0.15) is 24.5 Å². The minimum absolute atomic E-state index is 0.0302. The first-order chi connectivity index (χ1) is 11.2. The fraction of sp³-hybridized carbons (Fsp3) is 0.438. The minimum Gasteiger partial charge on any atom is -0.497 e. The molecule has 1 amide bonds. The number of benzene rings is 1. The topological polar surface area (TPSA) is 81.7 Å². The van der Waals surface area contributed by atoms with Crippen molar-refractivity contribution in [2.75, 3.05) is 33.3 Å². The molecule has 2 N–H and O–H groups in total. The minimum atomic E-state index is -0.349. The maximum atomic E-state index is 12.0. The molecule has 0 bridgehead atoms. The Bertz CT molecular complexity index is 638. The fourth-order valence-electron chi connectivity index (χ4n) is 2.23. The molecule has 0 aliphatic heterocycles. The number of amides is 1. The Kier molecular flexibility index (Phi) is 6.10. The van der Waals surface area contributed by atoms with Crippen LogP contribution in [0.15, 0.2) is 28.8 Å². The second-order valence-corrected chi connectivity index (χ2v) is 5.12. The van der Waals surface area contributed by atoms with Crippen LogP contribution in [0.25, 0.3) is 11.4 Å². The van der Waals surface area contributed by atoms with Crippen molar-refractivity contribution < 1.29 is 19.0 Å². The summed E-state index contributed by atoms with van der Waals surface area (Å²) in [4.78, 5) is 17.6. The second kappa shape index (κ2) is 8.28. The quantitative estimate of drug-likeness (QED) is 0.736. The number of likely N-dealkylation sites (N-methyl/N-ethyl adjacent to an activating group) is 1. The molecule has 0 saturated carbocycles. The number of hydrogen-bond acceptors (Lipinski definition) is 5. The van der Waals surface area contributed by atoms with E-state index in [0.717, 1.165) is 25.2 Å². The Hall–Kier alpha value is -2.41. The monoisotopic (exact) mass is 319 g/mol. The highest BCUT2D eigenvalue weighted by molar-refractivity contribution is 5.89. The molecule has 7 nitrogen and oxygen atoms in total. The maximum Gasteiger partial charge on any atom is 0.316 e. The smallest absolute Gasteiger partial charge is 0.316 e. The lowest BCUT2D eigenvalue weighted by Gasteiger charge is -2.14. The van der Waals surface area contributed by atoms with Crippen LogP contribution in [-0.2, 0) is 0 Å². The molecule has 0 atom stereocenters. The first-order valence-electron chi connectivity index (χ1n) is 7.77. The number of carbonyl (C=O) groups is 1. The number of nitrogens with one attached hydrogen (secondary N) is 2. The fourth-order valence-corrected chi connectivity index (χ4v) is 2.23. The zero-order chi connectivity index (χ0) is 16.7. The molecule has 0 aliphatic carbocycles. The third kappa shape index (κ3) is 4.53. The van der Waals surface area contributed by atoms with Crippen molar-refractivity contribution in [1.82, 2.24) is 15.5 Å². The van der Waals surface area contributed by atoms with Crippen LogP contribution < -0.4 is 15.0 Å². The molecule has 1 aromatic heterocycles. The highest BCUT2D eigenvalue weighted by Crippen LogP contribution is 2.21. The van der Waals surface area contributed by atoms with Crippen molar-refractivity contribution in [3.05, 3.63) is 30.2 Å². The average Bonchev–Trinajstić information content (AvgIpc) is 3.09. The van der Waals surface area contributed by atoms with E-state index in [0.29, 0.717) is 18.1 Å². The van der Waals surface area contributed by atoms with Crippen LogP contribution in [0.4, 0.5) is 0 Å². The standard InChI is InChI=1S/C16H22N4O3/c1-4-20(5-2)10-9-17-15(21)16-18-14(19-23-16)12-7-6-8-13(11-12)22-3/h6-8,11H,4-5,9-10H2,1-3H3,(H,17,21)/p+1. The molecule has 2 rings (SSSR count). The molecular formula is C16H23N4O3+. The average molecular weight is 319 g/mol. The van der Waals surface area contributed by atoms with Gasteiger partial charge in [-0.3, -0.25) is 4.79 Å². The van der Waals surface area contributed by atoms with Crippen molar-refractivity contribution in [2.24, 2.45) is 0 Å².